The third-order valence-electron chi connectivity index (χ3n) is 2.07. The third kappa shape index (κ3) is 2.62. The summed E-state index contributed by atoms with van der Waals surface area (Å²) in [5, 5.41) is 27.5. The van der Waals surface area contributed by atoms with Crippen molar-refractivity contribution in [1.82, 2.24) is 0 Å². The van der Waals surface area contributed by atoms with Crippen LogP contribution >= 0.6 is 0 Å². The van der Waals surface area contributed by atoms with E-state index < -0.39 is 24.6 Å². The van der Waals surface area contributed by atoms with E-state index in [-0.39, 0.29) is 13.0 Å². The van der Waals surface area contributed by atoms with Gasteiger partial charge >= 0.3 is 0 Å². The maximum atomic E-state index is 9.36. The van der Waals surface area contributed by atoms with Crippen LogP contribution in [0.5, 0.6) is 0 Å². The number of rotatable bonds is 3. The minimum atomic E-state index is -1.03. The molecule has 1 rings (SSSR count). The van der Waals surface area contributed by atoms with E-state index >= 15 is 0 Å². The van der Waals surface area contributed by atoms with Gasteiger partial charge < -0.3 is 24.8 Å². The molecular formula is C8H16O5. The fourth-order valence-electron chi connectivity index (χ4n) is 1.36. The predicted octanol–water partition coefficient (Wildman–Crippen LogP) is -1.15. The molecule has 4 atom stereocenters. The van der Waals surface area contributed by atoms with Gasteiger partial charge in [0.15, 0.2) is 6.29 Å². The quantitative estimate of drug-likeness (QED) is 0.526. The molecule has 0 radical (unpaired) electrons. The van der Waals surface area contributed by atoms with Crippen molar-refractivity contribution in [3.05, 3.63) is 0 Å². The summed E-state index contributed by atoms with van der Waals surface area (Å²) in [5.41, 5.74) is 0. The van der Waals surface area contributed by atoms with Crippen molar-refractivity contribution in [2.45, 2.75) is 37.9 Å². The molecule has 0 aromatic heterocycles. The first-order chi connectivity index (χ1) is 6.19. The number of aliphatic hydroxyl groups is 3. The molecule has 1 aliphatic heterocycles. The summed E-state index contributed by atoms with van der Waals surface area (Å²) in [7, 11) is 0. The second-order valence-electron chi connectivity index (χ2n) is 3.04. The topological polar surface area (TPSA) is 79.2 Å². The molecule has 0 bridgehead atoms. The molecule has 5 nitrogen and oxygen atoms in total. The zero-order valence-electron chi connectivity index (χ0n) is 7.59. The summed E-state index contributed by atoms with van der Waals surface area (Å²) < 4.78 is 10.3. The smallest absolute Gasteiger partial charge is 0.160 e. The lowest BCUT2D eigenvalue weighted by Crippen LogP contribution is -2.50. The normalized spacial score (nSPS) is 40.6. The van der Waals surface area contributed by atoms with Crippen molar-refractivity contribution in [3.63, 3.8) is 0 Å². The van der Waals surface area contributed by atoms with Gasteiger partial charge in [-0.05, 0) is 6.92 Å². The summed E-state index contributed by atoms with van der Waals surface area (Å²) in [4.78, 5) is 0. The van der Waals surface area contributed by atoms with Crippen molar-refractivity contribution < 1.29 is 24.8 Å². The highest BCUT2D eigenvalue weighted by molar-refractivity contribution is 4.82. The van der Waals surface area contributed by atoms with Crippen LogP contribution in [0.25, 0.3) is 0 Å². The molecule has 1 aliphatic rings. The summed E-state index contributed by atoms with van der Waals surface area (Å²) in [6.45, 7) is 1.97. The Morgan fingerprint density at radius 1 is 1.46 bits per heavy atom. The van der Waals surface area contributed by atoms with Gasteiger partial charge in [0.25, 0.3) is 0 Å². The number of aliphatic hydroxyl groups excluding tert-OH is 3. The average Bonchev–Trinajstić information content (AvgIpc) is 2.11. The van der Waals surface area contributed by atoms with Crippen LogP contribution in [-0.2, 0) is 9.47 Å². The van der Waals surface area contributed by atoms with Gasteiger partial charge in [-0.2, -0.15) is 0 Å². The summed E-state index contributed by atoms with van der Waals surface area (Å²) in [5.74, 6) is 0. The highest BCUT2D eigenvalue weighted by Gasteiger charge is 2.36. The van der Waals surface area contributed by atoms with Gasteiger partial charge in [0.05, 0.1) is 12.7 Å². The van der Waals surface area contributed by atoms with Gasteiger partial charge in [-0.15, -0.1) is 0 Å². The summed E-state index contributed by atoms with van der Waals surface area (Å²) in [6.07, 6.45) is -2.95. The van der Waals surface area contributed by atoms with E-state index in [1.807, 2.05) is 6.92 Å². The van der Waals surface area contributed by atoms with Crippen LogP contribution in [-0.4, -0.2) is 53.1 Å². The standard InChI is InChI=1S/C8H16O5/c1-2-12-7-3-5(10)8(11)6(4-9)13-7/h5-11H,2-4H2,1H3/t5-,6-,7+,8+/m1/s1. The van der Waals surface area contributed by atoms with E-state index in [1.54, 1.807) is 0 Å². The SMILES string of the molecule is CCO[C@@H]1C[C@@H](O)[C@H](O)[C@@H](CO)O1. The van der Waals surface area contributed by atoms with Gasteiger partial charge in [-0.25, -0.2) is 0 Å². The molecule has 5 heteroatoms. The first-order valence-corrected chi connectivity index (χ1v) is 4.43. The van der Waals surface area contributed by atoms with Crippen LogP contribution < -0.4 is 0 Å². The Labute approximate surface area is 76.9 Å². The molecule has 0 aromatic rings. The Bertz CT molecular complexity index is 151. The molecule has 0 spiro atoms. The fourth-order valence-corrected chi connectivity index (χ4v) is 1.36. The Morgan fingerprint density at radius 3 is 2.69 bits per heavy atom. The Morgan fingerprint density at radius 2 is 2.15 bits per heavy atom. The number of hydrogen-bond donors (Lipinski definition) is 3. The van der Waals surface area contributed by atoms with Crippen LogP contribution in [0.3, 0.4) is 0 Å². The largest absolute Gasteiger partial charge is 0.394 e. The van der Waals surface area contributed by atoms with E-state index in [4.69, 9.17) is 14.6 Å². The van der Waals surface area contributed by atoms with Crippen LogP contribution in [0.1, 0.15) is 13.3 Å². The second-order valence-corrected chi connectivity index (χ2v) is 3.04. The van der Waals surface area contributed by atoms with Crippen LogP contribution in [0, 0.1) is 0 Å². The number of ether oxygens (including phenoxy) is 2. The number of hydrogen-bond acceptors (Lipinski definition) is 5. The fraction of sp³-hybridized carbons (Fsp3) is 1.00. The molecular weight excluding hydrogens is 176 g/mol. The monoisotopic (exact) mass is 192 g/mol. The van der Waals surface area contributed by atoms with Crippen molar-refractivity contribution in [2.24, 2.45) is 0 Å². The van der Waals surface area contributed by atoms with E-state index in [9.17, 15) is 10.2 Å². The molecule has 1 fully saturated rings. The maximum absolute atomic E-state index is 9.36. The van der Waals surface area contributed by atoms with Gasteiger partial charge in [0.1, 0.15) is 12.2 Å². The molecule has 0 aromatic carbocycles. The zero-order valence-corrected chi connectivity index (χ0v) is 7.59. The van der Waals surface area contributed by atoms with Crippen LogP contribution in [0.4, 0.5) is 0 Å². The van der Waals surface area contributed by atoms with Crippen molar-refractivity contribution in [1.29, 1.82) is 0 Å². The molecule has 0 saturated carbocycles. The molecule has 3 N–H and O–H groups in total. The highest BCUT2D eigenvalue weighted by atomic mass is 16.7. The van der Waals surface area contributed by atoms with E-state index in [0.29, 0.717) is 6.61 Å². The average molecular weight is 192 g/mol. The molecule has 1 saturated heterocycles. The Hall–Kier alpha value is -0.200. The first-order valence-electron chi connectivity index (χ1n) is 4.43. The lowest BCUT2D eigenvalue weighted by Gasteiger charge is -2.35. The van der Waals surface area contributed by atoms with Gasteiger partial charge in [-0.1, -0.05) is 0 Å². The first kappa shape index (κ1) is 10.9. The lowest BCUT2D eigenvalue weighted by atomic mass is 10.0. The molecule has 0 unspecified atom stereocenters. The van der Waals surface area contributed by atoms with Crippen LogP contribution in [0.2, 0.25) is 0 Å². The highest BCUT2D eigenvalue weighted by Crippen LogP contribution is 2.20. The van der Waals surface area contributed by atoms with Crippen molar-refractivity contribution in [3.8, 4) is 0 Å². The third-order valence-corrected chi connectivity index (χ3v) is 2.07. The predicted molar refractivity (Wildman–Crippen MR) is 44.0 cm³/mol. The minimum absolute atomic E-state index is 0.242. The van der Waals surface area contributed by atoms with E-state index in [2.05, 4.69) is 0 Å². The van der Waals surface area contributed by atoms with Crippen molar-refractivity contribution in [2.75, 3.05) is 13.2 Å². The summed E-state index contributed by atoms with van der Waals surface area (Å²) in [6, 6.07) is 0. The molecule has 0 amide bonds. The van der Waals surface area contributed by atoms with Gasteiger partial charge in [0.2, 0.25) is 0 Å². The van der Waals surface area contributed by atoms with E-state index in [0.717, 1.165) is 0 Å². The molecule has 0 aliphatic carbocycles. The lowest BCUT2D eigenvalue weighted by molar-refractivity contribution is -0.255. The van der Waals surface area contributed by atoms with Crippen LogP contribution in [0.15, 0.2) is 0 Å². The van der Waals surface area contributed by atoms with Crippen molar-refractivity contribution >= 4 is 0 Å². The molecule has 1 heterocycles. The Balaban J connectivity index is 2.47. The van der Waals surface area contributed by atoms with E-state index in [1.165, 1.54) is 0 Å². The van der Waals surface area contributed by atoms with Gasteiger partial charge in [0, 0.05) is 13.0 Å². The molecule has 13 heavy (non-hydrogen) atoms. The van der Waals surface area contributed by atoms with Gasteiger partial charge in [-0.3, -0.25) is 0 Å². The zero-order chi connectivity index (χ0) is 9.84. The maximum Gasteiger partial charge on any atom is 0.160 e. The Kier molecular flexibility index (Phi) is 4.08. The molecule has 78 valence electrons. The second kappa shape index (κ2) is 4.88. The summed E-state index contributed by atoms with van der Waals surface area (Å²) >= 11 is 0. The minimum Gasteiger partial charge on any atom is -0.394 e.